The number of hydrogen-bond acceptors (Lipinski definition) is 3. The maximum absolute atomic E-state index is 12.7. The number of para-hydroxylation sites is 1. The molecular weight excluding hydrogens is 364 g/mol. The third-order valence-electron chi connectivity index (χ3n) is 4.37. The first-order valence-electron chi connectivity index (χ1n) is 8.86. The molecule has 0 spiro atoms. The quantitative estimate of drug-likeness (QED) is 0.703. The Morgan fingerprint density at radius 2 is 1.78 bits per heavy atom. The van der Waals surface area contributed by atoms with Gasteiger partial charge in [-0.05, 0) is 37.6 Å². The third-order valence-corrected chi connectivity index (χ3v) is 4.77. The van der Waals surface area contributed by atoms with E-state index in [-0.39, 0.29) is 24.8 Å². The maximum atomic E-state index is 12.7. The van der Waals surface area contributed by atoms with Gasteiger partial charge in [0, 0.05) is 43.2 Å². The Hall–Kier alpha value is -2.53. The minimum absolute atomic E-state index is 0.0420. The molecule has 0 aromatic heterocycles. The number of carbonyl (C=O) groups is 2. The molecule has 0 aliphatic rings. The van der Waals surface area contributed by atoms with E-state index in [0.717, 1.165) is 11.3 Å². The van der Waals surface area contributed by atoms with Crippen LogP contribution in [0.1, 0.15) is 25.8 Å². The van der Waals surface area contributed by atoms with Gasteiger partial charge < -0.3 is 14.5 Å². The number of halogens is 1. The Labute approximate surface area is 165 Å². The molecule has 27 heavy (non-hydrogen) atoms. The van der Waals surface area contributed by atoms with Crippen molar-refractivity contribution in [3.05, 3.63) is 53.1 Å². The maximum Gasteiger partial charge on any atom is 0.228 e. The minimum Gasteiger partial charge on any atom is -0.495 e. The number of amides is 2. The van der Waals surface area contributed by atoms with Crippen LogP contribution in [0.3, 0.4) is 0 Å². The van der Waals surface area contributed by atoms with E-state index >= 15 is 0 Å². The second-order valence-corrected chi connectivity index (χ2v) is 6.57. The molecule has 0 saturated carbocycles. The number of aryl methyl sites for hydroxylation is 1. The van der Waals surface area contributed by atoms with Gasteiger partial charge in [0.05, 0.1) is 12.8 Å². The second kappa shape index (κ2) is 9.42. The monoisotopic (exact) mass is 388 g/mol. The highest BCUT2D eigenvalue weighted by Gasteiger charge is 2.21. The summed E-state index contributed by atoms with van der Waals surface area (Å²) in [6.07, 6.45) is 0.202. The molecule has 0 saturated heterocycles. The number of rotatable bonds is 7. The van der Waals surface area contributed by atoms with E-state index in [9.17, 15) is 9.59 Å². The number of anilines is 2. The summed E-state index contributed by atoms with van der Waals surface area (Å²) in [4.78, 5) is 28.3. The molecule has 0 unspecified atom stereocenters. The lowest BCUT2D eigenvalue weighted by Gasteiger charge is -2.26. The SMILES string of the molecule is CCN(C(=O)CCN(C(C)=O)c1cc(C)c(Cl)cc1OC)c1ccccc1. The van der Waals surface area contributed by atoms with Crippen molar-refractivity contribution in [3.8, 4) is 5.75 Å². The van der Waals surface area contributed by atoms with Crippen LogP contribution in [0.4, 0.5) is 11.4 Å². The summed E-state index contributed by atoms with van der Waals surface area (Å²) >= 11 is 6.16. The molecule has 5 nitrogen and oxygen atoms in total. The zero-order chi connectivity index (χ0) is 20.0. The van der Waals surface area contributed by atoms with E-state index in [4.69, 9.17) is 16.3 Å². The van der Waals surface area contributed by atoms with Crippen molar-refractivity contribution in [2.24, 2.45) is 0 Å². The van der Waals surface area contributed by atoms with Gasteiger partial charge in [-0.3, -0.25) is 9.59 Å². The van der Waals surface area contributed by atoms with Gasteiger partial charge in [0.15, 0.2) is 0 Å². The fourth-order valence-corrected chi connectivity index (χ4v) is 3.08. The van der Waals surface area contributed by atoms with Gasteiger partial charge in [-0.25, -0.2) is 0 Å². The Bertz CT molecular complexity index is 809. The lowest BCUT2D eigenvalue weighted by molar-refractivity contribution is -0.118. The number of ether oxygens (including phenoxy) is 1. The molecule has 0 fully saturated rings. The van der Waals surface area contributed by atoms with E-state index in [0.29, 0.717) is 23.0 Å². The summed E-state index contributed by atoms with van der Waals surface area (Å²) < 4.78 is 5.38. The highest BCUT2D eigenvalue weighted by molar-refractivity contribution is 6.31. The van der Waals surface area contributed by atoms with Crippen LogP contribution < -0.4 is 14.5 Å². The molecular formula is C21H25ClN2O3. The van der Waals surface area contributed by atoms with Crippen LogP contribution in [0.2, 0.25) is 5.02 Å². The molecule has 2 aromatic rings. The van der Waals surface area contributed by atoms with Crippen LogP contribution in [0, 0.1) is 6.92 Å². The molecule has 0 N–H and O–H groups in total. The van der Waals surface area contributed by atoms with Crippen LogP contribution in [0.25, 0.3) is 0 Å². The largest absolute Gasteiger partial charge is 0.495 e. The Morgan fingerprint density at radius 3 is 2.33 bits per heavy atom. The van der Waals surface area contributed by atoms with Crippen LogP contribution in [-0.4, -0.2) is 32.0 Å². The van der Waals surface area contributed by atoms with Gasteiger partial charge >= 0.3 is 0 Å². The predicted molar refractivity (Wildman–Crippen MR) is 110 cm³/mol. The van der Waals surface area contributed by atoms with Crippen LogP contribution >= 0.6 is 11.6 Å². The standard InChI is InChI=1S/C21H25ClN2O3/c1-5-23(17-9-7-6-8-10-17)21(26)11-12-24(16(3)25)19-13-15(2)18(22)14-20(19)27-4/h6-10,13-14H,5,11-12H2,1-4H3. The number of nitrogens with zero attached hydrogens (tertiary/aromatic N) is 2. The second-order valence-electron chi connectivity index (χ2n) is 6.17. The number of hydrogen-bond donors (Lipinski definition) is 0. The highest BCUT2D eigenvalue weighted by atomic mass is 35.5. The van der Waals surface area contributed by atoms with E-state index in [1.807, 2.05) is 50.2 Å². The van der Waals surface area contributed by atoms with Gasteiger partial charge in [-0.15, -0.1) is 0 Å². The number of benzene rings is 2. The lowest BCUT2D eigenvalue weighted by atomic mass is 10.1. The predicted octanol–water partition coefficient (Wildman–Crippen LogP) is 4.45. The molecule has 2 rings (SSSR count). The molecule has 6 heteroatoms. The Morgan fingerprint density at radius 1 is 1.11 bits per heavy atom. The molecule has 0 aliphatic carbocycles. The van der Waals surface area contributed by atoms with Crippen LogP contribution in [-0.2, 0) is 9.59 Å². The number of carbonyl (C=O) groups excluding carboxylic acids is 2. The van der Waals surface area contributed by atoms with Crippen molar-refractivity contribution in [2.45, 2.75) is 27.2 Å². The molecule has 144 valence electrons. The topological polar surface area (TPSA) is 49.9 Å². The summed E-state index contributed by atoms with van der Waals surface area (Å²) in [7, 11) is 1.53. The van der Waals surface area contributed by atoms with Gasteiger partial charge in [-0.1, -0.05) is 29.8 Å². The first-order chi connectivity index (χ1) is 12.9. The van der Waals surface area contributed by atoms with Crippen molar-refractivity contribution in [3.63, 3.8) is 0 Å². The van der Waals surface area contributed by atoms with Crippen molar-refractivity contribution >= 4 is 34.8 Å². The van der Waals surface area contributed by atoms with Gasteiger partial charge in [0.25, 0.3) is 0 Å². The fourth-order valence-electron chi connectivity index (χ4n) is 2.92. The normalized spacial score (nSPS) is 10.4. The Balaban J connectivity index is 2.21. The summed E-state index contributed by atoms with van der Waals surface area (Å²) in [5.41, 5.74) is 2.30. The minimum atomic E-state index is -0.161. The summed E-state index contributed by atoms with van der Waals surface area (Å²) in [6.45, 7) is 6.09. The fraction of sp³-hybridized carbons (Fsp3) is 0.333. The van der Waals surface area contributed by atoms with Crippen molar-refractivity contribution in [1.82, 2.24) is 0 Å². The highest BCUT2D eigenvalue weighted by Crippen LogP contribution is 2.34. The van der Waals surface area contributed by atoms with Crippen molar-refractivity contribution in [2.75, 3.05) is 30.0 Å². The first kappa shape index (κ1) is 20.8. The zero-order valence-corrected chi connectivity index (χ0v) is 16.9. The zero-order valence-electron chi connectivity index (χ0n) is 16.2. The molecule has 0 aliphatic heterocycles. The van der Waals surface area contributed by atoms with Gasteiger partial charge in [-0.2, -0.15) is 0 Å². The molecule has 2 aromatic carbocycles. The molecule has 0 radical (unpaired) electrons. The van der Waals surface area contributed by atoms with Crippen LogP contribution in [0.15, 0.2) is 42.5 Å². The Kier molecular flexibility index (Phi) is 7.25. The van der Waals surface area contributed by atoms with Crippen molar-refractivity contribution < 1.29 is 14.3 Å². The first-order valence-corrected chi connectivity index (χ1v) is 9.24. The van der Waals surface area contributed by atoms with Crippen LogP contribution in [0.5, 0.6) is 5.75 Å². The molecule has 0 atom stereocenters. The van der Waals surface area contributed by atoms with E-state index < -0.39 is 0 Å². The summed E-state index contributed by atoms with van der Waals surface area (Å²) in [6, 6.07) is 13.0. The smallest absolute Gasteiger partial charge is 0.228 e. The van der Waals surface area contributed by atoms with Gasteiger partial charge in [0.1, 0.15) is 5.75 Å². The van der Waals surface area contributed by atoms with E-state index in [2.05, 4.69) is 0 Å². The molecule has 0 bridgehead atoms. The molecule has 2 amide bonds. The summed E-state index contributed by atoms with van der Waals surface area (Å²) in [5.74, 6) is 0.300. The lowest BCUT2D eigenvalue weighted by Crippen LogP contribution is -2.36. The molecule has 0 heterocycles. The average molecular weight is 389 g/mol. The third kappa shape index (κ3) is 5.01. The van der Waals surface area contributed by atoms with Crippen molar-refractivity contribution in [1.29, 1.82) is 0 Å². The summed E-state index contributed by atoms with van der Waals surface area (Å²) in [5, 5.41) is 0.566. The van der Waals surface area contributed by atoms with Gasteiger partial charge in [0.2, 0.25) is 11.8 Å². The average Bonchev–Trinajstić information content (AvgIpc) is 2.65. The van der Waals surface area contributed by atoms with E-state index in [1.54, 1.807) is 15.9 Å². The number of methoxy groups -OCH3 is 1. The van der Waals surface area contributed by atoms with E-state index in [1.165, 1.54) is 14.0 Å².